The number of nitro benzene ring substituents is 1. The lowest BCUT2D eigenvalue weighted by molar-refractivity contribution is -0.384. The van der Waals surface area contributed by atoms with Gasteiger partial charge in [-0.05, 0) is 23.3 Å². The molecule has 0 unspecified atom stereocenters. The summed E-state index contributed by atoms with van der Waals surface area (Å²) in [5, 5.41) is 10.9. The fraction of sp³-hybridized carbons (Fsp3) is 0.0526. The van der Waals surface area contributed by atoms with Crippen LogP contribution in [0, 0.1) is 10.1 Å². The highest BCUT2D eigenvalue weighted by atomic mass is 35.5. The van der Waals surface area contributed by atoms with Gasteiger partial charge in [0.2, 0.25) is 10.0 Å². The average molecular weight is 403 g/mol. The van der Waals surface area contributed by atoms with Crippen LogP contribution in [0.3, 0.4) is 0 Å². The number of benzene rings is 3. The van der Waals surface area contributed by atoms with Gasteiger partial charge in [-0.1, -0.05) is 72.3 Å². The number of halogens is 1. The molecule has 0 aromatic heterocycles. The lowest BCUT2D eigenvalue weighted by atomic mass is 10.00. The molecule has 0 amide bonds. The molecule has 0 aliphatic rings. The Kier molecular flexibility index (Phi) is 5.55. The summed E-state index contributed by atoms with van der Waals surface area (Å²) in [6.45, 7) is 0. The van der Waals surface area contributed by atoms with Gasteiger partial charge in [0.25, 0.3) is 5.69 Å². The van der Waals surface area contributed by atoms with Crippen molar-refractivity contribution in [3.63, 3.8) is 0 Å². The second-order valence-electron chi connectivity index (χ2n) is 5.75. The largest absolute Gasteiger partial charge is 0.289 e. The predicted molar refractivity (Wildman–Crippen MR) is 103 cm³/mol. The SMILES string of the molecule is O=[N+]([O-])c1cc(S(=O)(=O)NC(c2ccccc2)c2ccccc2)ccc1Cl. The van der Waals surface area contributed by atoms with Gasteiger partial charge in [-0.25, -0.2) is 8.42 Å². The van der Waals surface area contributed by atoms with Crippen LogP contribution in [0.15, 0.2) is 83.8 Å². The van der Waals surface area contributed by atoms with Crippen LogP contribution < -0.4 is 4.72 Å². The molecule has 1 N–H and O–H groups in total. The smallest absolute Gasteiger partial charge is 0.258 e. The number of nitro groups is 1. The maximum Gasteiger partial charge on any atom is 0.289 e. The van der Waals surface area contributed by atoms with E-state index in [1.807, 2.05) is 60.7 Å². The van der Waals surface area contributed by atoms with Crippen LogP contribution in [-0.2, 0) is 10.0 Å². The maximum absolute atomic E-state index is 12.9. The number of hydrogen-bond acceptors (Lipinski definition) is 4. The van der Waals surface area contributed by atoms with Gasteiger partial charge in [0.05, 0.1) is 15.9 Å². The number of rotatable bonds is 6. The van der Waals surface area contributed by atoms with Gasteiger partial charge in [0, 0.05) is 6.07 Å². The third-order valence-electron chi connectivity index (χ3n) is 3.96. The number of sulfonamides is 1. The Bertz CT molecular complexity index is 1020. The van der Waals surface area contributed by atoms with Crippen molar-refractivity contribution in [3.05, 3.63) is 105 Å². The first kappa shape index (κ1) is 19.0. The minimum Gasteiger partial charge on any atom is -0.258 e. The van der Waals surface area contributed by atoms with E-state index >= 15 is 0 Å². The van der Waals surface area contributed by atoms with E-state index in [0.717, 1.165) is 17.2 Å². The van der Waals surface area contributed by atoms with E-state index in [4.69, 9.17) is 11.6 Å². The monoisotopic (exact) mass is 402 g/mol. The Morgan fingerprint density at radius 1 is 0.889 bits per heavy atom. The predicted octanol–water partition coefficient (Wildman–Crippen LogP) is 4.32. The molecule has 0 saturated carbocycles. The van der Waals surface area contributed by atoms with Gasteiger partial charge < -0.3 is 0 Å². The number of hydrogen-bond donors (Lipinski definition) is 1. The van der Waals surface area contributed by atoms with E-state index < -0.39 is 26.7 Å². The van der Waals surface area contributed by atoms with E-state index in [-0.39, 0.29) is 9.92 Å². The van der Waals surface area contributed by atoms with Crippen LogP contribution in [0.25, 0.3) is 0 Å². The zero-order valence-electron chi connectivity index (χ0n) is 13.9. The summed E-state index contributed by atoms with van der Waals surface area (Å²) in [7, 11) is -4.04. The van der Waals surface area contributed by atoms with Gasteiger partial charge in [-0.2, -0.15) is 4.72 Å². The molecule has 0 radical (unpaired) electrons. The van der Waals surface area contributed by atoms with E-state index in [1.54, 1.807) is 0 Å². The third-order valence-corrected chi connectivity index (χ3v) is 5.70. The first-order valence-corrected chi connectivity index (χ1v) is 9.81. The van der Waals surface area contributed by atoms with Crippen molar-refractivity contribution in [2.75, 3.05) is 0 Å². The van der Waals surface area contributed by atoms with Crippen LogP contribution in [0.4, 0.5) is 5.69 Å². The molecule has 0 atom stereocenters. The molecule has 27 heavy (non-hydrogen) atoms. The molecule has 138 valence electrons. The lowest BCUT2D eigenvalue weighted by Crippen LogP contribution is -2.29. The average Bonchev–Trinajstić information content (AvgIpc) is 2.67. The normalized spacial score (nSPS) is 11.5. The Balaban J connectivity index is 2.03. The zero-order valence-corrected chi connectivity index (χ0v) is 15.5. The minimum atomic E-state index is -4.04. The summed E-state index contributed by atoms with van der Waals surface area (Å²) in [4.78, 5) is 10.1. The molecular formula is C19H15ClN2O4S. The minimum absolute atomic E-state index is 0.124. The maximum atomic E-state index is 12.9. The number of nitrogens with one attached hydrogen (secondary N) is 1. The Morgan fingerprint density at radius 3 is 1.89 bits per heavy atom. The number of nitrogens with zero attached hydrogens (tertiary/aromatic N) is 1. The van der Waals surface area contributed by atoms with Crippen LogP contribution in [0.5, 0.6) is 0 Å². The van der Waals surface area contributed by atoms with Gasteiger partial charge in [-0.3, -0.25) is 10.1 Å². The quantitative estimate of drug-likeness (QED) is 0.491. The molecule has 3 aromatic rings. The summed E-state index contributed by atoms with van der Waals surface area (Å²) >= 11 is 5.78. The Morgan fingerprint density at radius 2 is 1.41 bits per heavy atom. The summed E-state index contributed by atoms with van der Waals surface area (Å²) in [6, 6.07) is 20.9. The van der Waals surface area contributed by atoms with Crippen LogP contribution in [0.2, 0.25) is 5.02 Å². The van der Waals surface area contributed by atoms with Crippen molar-refractivity contribution < 1.29 is 13.3 Å². The van der Waals surface area contributed by atoms with Crippen molar-refractivity contribution in [3.8, 4) is 0 Å². The van der Waals surface area contributed by atoms with Crippen molar-refractivity contribution in [2.24, 2.45) is 0 Å². The molecule has 0 heterocycles. The highest BCUT2D eigenvalue weighted by Gasteiger charge is 2.25. The molecule has 3 aromatic carbocycles. The summed E-state index contributed by atoms with van der Waals surface area (Å²) in [5.41, 5.74) is 1.03. The van der Waals surface area contributed by atoms with E-state index in [0.29, 0.717) is 0 Å². The fourth-order valence-electron chi connectivity index (χ4n) is 2.64. The molecule has 0 spiro atoms. The van der Waals surface area contributed by atoms with Gasteiger partial charge in [0.1, 0.15) is 5.02 Å². The van der Waals surface area contributed by atoms with Crippen LogP contribution in [0.1, 0.15) is 17.2 Å². The standard InChI is InChI=1S/C19H15ClN2O4S/c20-17-12-11-16(13-18(17)22(23)24)27(25,26)21-19(14-7-3-1-4-8-14)15-9-5-2-6-10-15/h1-13,19,21H. The van der Waals surface area contributed by atoms with Gasteiger partial charge in [0.15, 0.2) is 0 Å². The molecule has 8 heteroatoms. The fourth-order valence-corrected chi connectivity index (χ4v) is 4.06. The van der Waals surface area contributed by atoms with Gasteiger partial charge in [-0.15, -0.1) is 0 Å². The van der Waals surface area contributed by atoms with Crippen molar-refractivity contribution >= 4 is 27.3 Å². The summed E-state index contributed by atoms with van der Waals surface area (Å²) in [5.74, 6) is 0. The van der Waals surface area contributed by atoms with Crippen molar-refractivity contribution in [1.29, 1.82) is 0 Å². The lowest BCUT2D eigenvalue weighted by Gasteiger charge is -2.20. The molecule has 0 saturated heterocycles. The second kappa shape index (κ2) is 7.87. The van der Waals surface area contributed by atoms with E-state index in [1.165, 1.54) is 12.1 Å². The molecule has 0 aliphatic heterocycles. The van der Waals surface area contributed by atoms with Crippen LogP contribution in [-0.4, -0.2) is 13.3 Å². The molecular weight excluding hydrogens is 388 g/mol. The van der Waals surface area contributed by atoms with Crippen molar-refractivity contribution in [1.82, 2.24) is 4.72 Å². The summed E-state index contributed by atoms with van der Waals surface area (Å²) in [6.07, 6.45) is 0. The Hall–Kier alpha value is -2.74. The van der Waals surface area contributed by atoms with Gasteiger partial charge >= 0.3 is 0 Å². The first-order chi connectivity index (χ1) is 12.9. The molecule has 0 fully saturated rings. The molecule has 3 rings (SSSR count). The third kappa shape index (κ3) is 4.33. The Labute approximate surface area is 161 Å². The highest BCUT2D eigenvalue weighted by molar-refractivity contribution is 7.89. The summed E-state index contributed by atoms with van der Waals surface area (Å²) < 4.78 is 28.4. The molecule has 0 bridgehead atoms. The molecule has 0 aliphatic carbocycles. The highest BCUT2D eigenvalue weighted by Crippen LogP contribution is 2.29. The molecule has 6 nitrogen and oxygen atoms in total. The zero-order chi connectivity index (χ0) is 19.4. The van der Waals surface area contributed by atoms with Crippen molar-refractivity contribution in [2.45, 2.75) is 10.9 Å². The van der Waals surface area contributed by atoms with Crippen LogP contribution >= 0.6 is 11.6 Å². The van der Waals surface area contributed by atoms with E-state index in [9.17, 15) is 18.5 Å². The first-order valence-electron chi connectivity index (χ1n) is 7.94. The van der Waals surface area contributed by atoms with E-state index in [2.05, 4.69) is 4.72 Å². The topological polar surface area (TPSA) is 89.3 Å². The second-order valence-corrected chi connectivity index (χ2v) is 7.87.